The normalized spacial score (nSPS) is 17.3. The lowest BCUT2D eigenvalue weighted by molar-refractivity contribution is 0.0437. The fourth-order valence-corrected chi connectivity index (χ4v) is 3.41. The minimum atomic E-state index is -1.13. The molecule has 2 heterocycles. The van der Waals surface area contributed by atoms with Crippen LogP contribution in [0.2, 0.25) is 0 Å². The van der Waals surface area contributed by atoms with Gasteiger partial charge in [-0.05, 0) is 51.0 Å². The van der Waals surface area contributed by atoms with Gasteiger partial charge in [-0.25, -0.2) is 4.99 Å². The molecule has 0 radical (unpaired) electrons. The van der Waals surface area contributed by atoms with E-state index in [0.29, 0.717) is 17.8 Å². The van der Waals surface area contributed by atoms with Gasteiger partial charge in [-0.3, -0.25) is 0 Å². The Hall–Kier alpha value is -2.47. The SMILES string of the molecule is CCNC(=NCC(C)(O)c1ccco1)NCC(C)N1CCc2ccccc21. The zero-order valence-corrected chi connectivity index (χ0v) is 16.4. The maximum absolute atomic E-state index is 10.6. The Morgan fingerprint density at radius 3 is 2.85 bits per heavy atom. The maximum Gasteiger partial charge on any atom is 0.191 e. The number of nitrogens with one attached hydrogen (secondary N) is 2. The average molecular weight is 370 g/mol. The highest BCUT2D eigenvalue weighted by Crippen LogP contribution is 2.28. The lowest BCUT2D eigenvalue weighted by atomic mass is 10.0. The topological polar surface area (TPSA) is 73.0 Å². The van der Waals surface area contributed by atoms with Crippen molar-refractivity contribution < 1.29 is 9.52 Å². The van der Waals surface area contributed by atoms with Crippen molar-refractivity contribution in [2.75, 3.05) is 31.1 Å². The second-order valence-corrected chi connectivity index (χ2v) is 7.25. The van der Waals surface area contributed by atoms with Crippen LogP contribution in [0.4, 0.5) is 5.69 Å². The zero-order chi connectivity index (χ0) is 19.3. The molecule has 0 aliphatic carbocycles. The van der Waals surface area contributed by atoms with Crippen LogP contribution in [0, 0.1) is 0 Å². The van der Waals surface area contributed by atoms with Gasteiger partial charge in [0, 0.05) is 31.4 Å². The minimum absolute atomic E-state index is 0.219. The Morgan fingerprint density at radius 1 is 1.30 bits per heavy atom. The van der Waals surface area contributed by atoms with Crippen LogP contribution in [0.5, 0.6) is 0 Å². The van der Waals surface area contributed by atoms with Crippen LogP contribution in [0.1, 0.15) is 32.1 Å². The van der Waals surface area contributed by atoms with Crippen molar-refractivity contribution in [3.8, 4) is 0 Å². The predicted molar refractivity (Wildman–Crippen MR) is 109 cm³/mol. The lowest BCUT2D eigenvalue weighted by Crippen LogP contribution is -2.46. The lowest BCUT2D eigenvalue weighted by Gasteiger charge is -2.28. The van der Waals surface area contributed by atoms with Crippen molar-refractivity contribution in [2.45, 2.75) is 38.8 Å². The molecular formula is C21H30N4O2. The number of guanidine groups is 1. The summed E-state index contributed by atoms with van der Waals surface area (Å²) in [6.07, 6.45) is 2.66. The second kappa shape index (κ2) is 8.48. The molecule has 6 nitrogen and oxygen atoms in total. The van der Waals surface area contributed by atoms with Gasteiger partial charge in [0.2, 0.25) is 0 Å². The Bertz CT molecular complexity index is 755. The number of anilines is 1. The molecular weight excluding hydrogens is 340 g/mol. The number of nitrogens with zero attached hydrogens (tertiary/aromatic N) is 2. The highest BCUT2D eigenvalue weighted by Gasteiger charge is 2.26. The molecule has 3 rings (SSSR count). The van der Waals surface area contributed by atoms with E-state index >= 15 is 0 Å². The molecule has 1 aromatic carbocycles. The van der Waals surface area contributed by atoms with Gasteiger partial charge >= 0.3 is 0 Å². The van der Waals surface area contributed by atoms with Gasteiger partial charge < -0.3 is 25.1 Å². The van der Waals surface area contributed by atoms with Crippen LogP contribution in [-0.4, -0.2) is 43.3 Å². The van der Waals surface area contributed by atoms with E-state index in [9.17, 15) is 5.11 Å². The first-order valence-corrected chi connectivity index (χ1v) is 9.64. The van der Waals surface area contributed by atoms with Gasteiger partial charge in [0.15, 0.2) is 5.96 Å². The number of para-hydroxylation sites is 1. The first-order chi connectivity index (χ1) is 13.0. The van der Waals surface area contributed by atoms with E-state index in [1.54, 1.807) is 25.3 Å². The van der Waals surface area contributed by atoms with Crippen molar-refractivity contribution in [3.05, 3.63) is 54.0 Å². The Kier molecular flexibility index (Phi) is 6.06. The Labute approximate surface area is 161 Å². The summed E-state index contributed by atoms with van der Waals surface area (Å²) in [4.78, 5) is 6.99. The molecule has 0 amide bonds. The average Bonchev–Trinajstić information content (AvgIpc) is 3.34. The van der Waals surface area contributed by atoms with Gasteiger partial charge in [0.1, 0.15) is 11.4 Å². The van der Waals surface area contributed by atoms with E-state index in [1.165, 1.54) is 11.3 Å². The van der Waals surface area contributed by atoms with Crippen molar-refractivity contribution >= 4 is 11.6 Å². The summed E-state index contributed by atoms with van der Waals surface area (Å²) in [5, 5.41) is 17.2. The molecule has 3 N–H and O–H groups in total. The standard InChI is InChI=1S/C21H30N4O2/c1-4-22-20(24-15-21(3,26)19-10-7-13-27-19)23-14-16(2)25-12-11-17-8-5-6-9-18(17)25/h5-10,13,16,26H,4,11-12,14-15H2,1-3H3,(H2,22,23,24). The first kappa shape index (κ1) is 19.3. The number of rotatable bonds is 7. The number of furan rings is 1. The third kappa shape index (κ3) is 4.63. The first-order valence-electron chi connectivity index (χ1n) is 9.64. The Morgan fingerprint density at radius 2 is 2.11 bits per heavy atom. The van der Waals surface area contributed by atoms with E-state index in [4.69, 9.17) is 4.42 Å². The smallest absolute Gasteiger partial charge is 0.191 e. The van der Waals surface area contributed by atoms with Crippen molar-refractivity contribution in [1.82, 2.24) is 10.6 Å². The van der Waals surface area contributed by atoms with E-state index < -0.39 is 5.60 Å². The van der Waals surface area contributed by atoms with Gasteiger partial charge in [-0.1, -0.05) is 18.2 Å². The third-order valence-corrected chi connectivity index (χ3v) is 4.96. The quantitative estimate of drug-likeness (QED) is 0.516. The van der Waals surface area contributed by atoms with E-state index in [2.05, 4.69) is 51.7 Å². The molecule has 6 heteroatoms. The number of aliphatic hydroxyl groups is 1. The Balaban J connectivity index is 1.60. The zero-order valence-electron chi connectivity index (χ0n) is 16.4. The number of hydrogen-bond acceptors (Lipinski definition) is 4. The summed E-state index contributed by atoms with van der Waals surface area (Å²) >= 11 is 0. The maximum atomic E-state index is 10.6. The molecule has 146 valence electrons. The molecule has 27 heavy (non-hydrogen) atoms. The van der Waals surface area contributed by atoms with Crippen molar-refractivity contribution in [2.24, 2.45) is 4.99 Å². The van der Waals surface area contributed by atoms with Crippen LogP contribution in [0.3, 0.4) is 0 Å². The second-order valence-electron chi connectivity index (χ2n) is 7.25. The summed E-state index contributed by atoms with van der Waals surface area (Å²) < 4.78 is 5.32. The number of hydrogen-bond donors (Lipinski definition) is 3. The number of fused-ring (bicyclic) bond motifs is 1. The molecule has 1 aliphatic heterocycles. The monoisotopic (exact) mass is 370 g/mol. The summed E-state index contributed by atoms with van der Waals surface area (Å²) in [6, 6.07) is 12.5. The molecule has 2 atom stereocenters. The van der Waals surface area contributed by atoms with Gasteiger partial charge in [-0.15, -0.1) is 0 Å². The van der Waals surface area contributed by atoms with Gasteiger partial charge in [0.05, 0.1) is 12.8 Å². The summed E-state index contributed by atoms with van der Waals surface area (Å²) in [6.45, 7) is 8.75. The summed E-state index contributed by atoms with van der Waals surface area (Å²) in [7, 11) is 0. The molecule has 1 aliphatic rings. The van der Waals surface area contributed by atoms with Crippen LogP contribution >= 0.6 is 0 Å². The summed E-state index contributed by atoms with van der Waals surface area (Å²) in [5.41, 5.74) is 1.61. The highest BCUT2D eigenvalue weighted by atomic mass is 16.4. The largest absolute Gasteiger partial charge is 0.466 e. The van der Waals surface area contributed by atoms with Crippen LogP contribution in [0.15, 0.2) is 52.1 Å². The van der Waals surface area contributed by atoms with Crippen molar-refractivity contribution in [3.63, 3.8) is 0 Å². The highest BCUT2D eigenvalue weighted by molar-refractivity contribution is 5.80. The van der Waals surface area contributed by atoms with E-state index in [-0.39, 0.29) is 6.54 Å². The number of aliphatic imine (C=N–C) groups is 1. The minimum Gasteiger partial charge on any atom is -0.466 e. The fourth-order valence-electron chi connectivity index (χ4n) is 3.41. The summed E-state index contributed by atoms with van der Waals surface area (Å²) in [5.74, 6) is 1.22. The molecule has 0 spiro atoms. The van der Waals surface area contributed by atoms with Crippen LogP contribution in [-0.2, 0) is 12.0 Å². The third-order valence-electron chi connectivity index (χ3n) is 4.96. The van der Waals surface area contributed by atoms with E-state index in [0.717, 1.165) is 26.1 Å². The molecule has 0 saturated carbocycles. The molecule has 2 aromatic rings. The molecule has 1 aromatic heterocycles. The number of benzene rings is 1. The van der Waals surface area contributed by atoms with Gasteiger partial charge in [0.25, 0.3) is 0 Å². The van der Waals surface area contributed by atoms with Crippen LogP contribution < -0.4 is 15.5 Å². The molecule has 2 unspecified atom stereocenters. The molecule has 0 fully saturated rings. The fraction of sp³-hybridized carbons (Fsp3) is 0.476. The van der Waals surface area contributed by atoms with Crippen molar-refractivity contribution in [1.29, 1.82) is 0 Å². The molecule has 0 bridgehead atoms. The predicted octanol–water partition coefficient (Wildman–Crippen LogP) is 2.49. The van der Waals surface area contributed by atoms with Gasteiger partial charge in [-0.2, -0.15) is 0 Å². The van der Waals surface area contributed by atoms with Crippen LogP contribution in [0.25, 0.3) is 0 Å². The molecule has 0 saturated heterocycles. The van der Waals surface area contributed by atoms with E-state index in [1.807, 2.05) is 6.92 Å².